The van der Waals surface area contributed by atoms with Crippen LogP contribution < -0.4 is 55.5 Å². The van der Waals surface area contributed by atoms with Crippen molar-refractivity contribution < 1.29 is 0 Å². The lowest BCUT2D eigenvalue weighted by Crippen LogP contribution is -2.46. The molecule has 0 saturated heterocycles. The number of rotatable bonds is 10. The molecule has 12 heteroatoms. The van der Waals surface area contributed by atoms with Gasteiger partial charge >= 0.3 is 0 Å². The molecule has 0 aliphatic heterocycles. The Morgan fingerprint density at radius 2 is 0.827 bits per heavy atom. The normalized spacial score (nSPS) is 14.0. The number of hydrogen-bond acceptors (Lipinski definition) is 12. The third-order valence-corrected chi connectivity index (χ3v) is 6.86. The van der Waals surface area contributed by atoms with E-state index in [-0.39, 0.29) is 0 Å². The number of likely N-dealkylation sites (N-methyl/N-ethyl adjacent to an activating group) is 3. The molecule has 0 unspecified atom stereocenters. The standard InChI is InChI=1S/C9H21N3.C5H11N.C4H12N2.C4H9N.C4H8.C3H9N.C2H7N.3C2H6.3CH5N/c1-3-12(2)8-7-10-11-9-5-4-6-9;1-6-5-3-2-4-5;1-5-3-4-6-2;5-4-2-1-3-4;1-2-4-3-1;1-4(2)3;1-2-3;6*1-2/h9-11H,3-8H2,1-2H3;5-6H,2-4H2,1H3;5-6H,3-4H2,1-2H3;4H,1-3,5H2;1-4H2;1-3H3;2-3H2,1H3;3*1-2H3;3*2H2,1H3. The second kappa shape index (κ2) is 83.5. The minimum absolute atomic E-state index is 0.565. The second-order valence-electron chi connectivity index (χ2n) is 11.6. The van der Waals surface area contributed by atoms with Crippen LogP contribution in [0.3, 0.4) is 0 Å². The van der Waals surface area contributed by atoms with E-state index in [0.717, 1.165) is 51.4 Å². The van der Waals surface area contributed by atoms with Crippen LogP contribution in [0.5, 0.6) is 0 Å². The van der Waals surface area contributed by atoms with Gasteiger partial charge in [-0.3, -0.25) is 10.9 Å². The van der Waals surface area contributed by atoms with Gasteiger partial charge in [-0.1, -0.05) is 100 Å². The predicted octanol–water partition coefficient (Wildman–Crippen LogP) is 4.77. The Hall–Kier alpha value is -0.480. The van der Waals surface area contributed by atoms with Gasteiger partial charge in [0.05, 0.1) is 0 Å². The Kier molecular flexibility index (Phi) is 117. The Labute approximate surface area is 331 Å². The van der Waals surface area contributed by atoms with Crippen LogP contribution in [0.4, 0.5) is 0 Å². The van der Waals surface area contributed by atoms with Crippen LogP contribution in [0.25, 0.3) is 0 Å². The summed E-state index contributed by atoms with van der Waals surface area (Å²) in [4.78, 5) is 4.30. The monoisotopic (exact) mass is 759 g/mol. The third-order valence-electron chi connectivity index (χ3n) is 6.86. The minimum Gasteiger partial charge on any atom is -0.333 e. The third kappa shape index (κ3) is 92.4. The van der Waals surface area contributed by atoms with Crippen LogP contribution in [0.15, 0.2) is 0 Å². The number of hydrogen-bond donors (Lipinski definition) is 10. The van der Waals surface area contributed by atoms with E-state index in [1.54, 1.807) is 0 Å². The van der Waals surface area contributed by atoms with Crippen molar-refractivity contribution in [2.45, 2.75) is 157 Å². The zero-order chi connectivity index (χ0) is 42.9. The summed E-state index contributed by atoms with van der Waals surface area (Å²) < 4.78 is 0. The molecule has 12 nitrogen and oxygen atoms in total. The molecular weight excluding hydrogens is 649 g/mol. The van der Waals surface area contributed by atoms with E-state index in [1.807, 2.05) is 95.7 Å². The molecule has 15 N–H and O–H groups in total. The van der Waals surface area contributed by atoms with Crippen molar-refractivity contribution in [2.24, 2.45) is 28.7 Å². The summed E-state index contributed by atoms with van der Waals surface area (Å²) in [7, 11) is 18.6. The van der Waals surface area contributed by atoms with Crippen LogP contribution in [0.1, 0.15) is 139 Å². The molecule has 4 aliphatic carbocycles. The highest BCUT2D eigenvalue weighted by Gasteiger charge is 2.15. The van der Waals surface area contributed by atoms with E-state index in [4.69, 9.17) is 11.5 Å². The lowest BCUT2D eigenvalue weighted by Gasteiger charge is -2.27. The summed E-state index contributed by atoms with van der Waals surface area (Å²) in [6, 6.07) is 2.18. The highest BCUT2D eigenvalue weighted by Crippen LogP contribution is 2.17. The molecule has 4 fully saturated rings. The fraction of sp³-hybridized carbons (Fsp3) is 1.00. The van der Waals surface area contributed by atoms with Gasteiger partial charge in [-0.15, -0.1) is 0 Å². The van der Waals surface area contributed by atoms with Gasteiger partial charge in [-0.25, -0.2) is 0 Å². The van der Waals surface area contributed by atoms with Crippen LogP contribution in [-0.4, -0.2) is 138 Å². The van der Waals surface area contributed by atoms with Gasteiger partial charge in [0.25, 0.3) is 0 Å². The Morgan fingerprint density at radius 1 is 0.538 bits per heavy atom. The highest BCUT2D eigenvalue weighted by atomic mass is 15.4. The van der Waals surface area contributed by atoms with E-state index in [0.29, 0.717) is 6.04 Å². The SMILES string of the molecule is C1CCC1.CC.CC.CC.CCN.CCN(C)CCNNC1CCC1.CN.CN.CN.CN(C)C.CNC1CCC1.CNCCNC.NC1CCC1. The summed E-state index contributed by atoms with van der Waals surface area (Å²) in [5, 5.41) is 9.21. The maximum Gasteiger partial charge on any atom is 0.0228 e. The first-order valence-electron chi connectivity index (χ1n) is 21.1. The zero-order valence-corrected chi connectivity index (χ0v) is 39.4. The van der Waals surface area contributed by atoms with Gasteiger partial charge in [-0.05, 0) is 122 Å². The van der Waals surface area contributed by atoms with E-state index in [9.17, 15) is 0 Å². The molecule has 0 aromatic carbocycles. The van der Waals surface area contributed by atoms with E-state index in [2.05, 4.69) is 62.9 Å². The van der Waals surface area contributed by atoms with Crippen molar-refractivity contribution in [3.05, 3.63) is 0 Å². The van der Waals surface area contributed by atoms with Gasteiger partial charge in [-0.2, -0.15) is 0 Å². The van der Waals surface area contributed by atoms with Gasteiger partial charge < -0.3 is 54.4 Å². The van der Waals surface area contributed by atoms with Crippen molar-refractivity contribution >= 4 is 0 Å². The first kappa shape index (κ1) is 72.7. The molecule has 0 atom stereocenters. The fourth-order valence-corrected chi connectivity index (χ4v) is 2.81. The molecule has 4 aliphatic rings. The smallest absolute Gasteiger partial charge is 0.0228 e. The molecule has 0 heterocycles. The molecular formula is C40H110N12. The number of hydrazine groups is 1. The molecule has 0 aromatic rings. The van der Waals surface area contributed by atoms with Crippen molar-refractivity contribution in [2.75, 3.05) is 110 Å². The molecule has 0 bridgehead atoms. The Bertz CT molecular complexity index is 415. The average molecular weight is 759 g/mol. The summed E-state index contributed by atoms with van der Waals surface area (Å²) in [6.07, 6.45) is 18.2. The van der Waals surface area contributed by atoms with E-state index < -0.39 is 0 Å². The fourth-order valence-electron chi connectivity index (χ4n) is 2.81. The zero-order valence-electron chi connectivity index (χ0n) is 39.4. The first-order chi connectivity index (χ1) is 25.2. The van der Waals surface area contributed by atoms with E-state index >= 15 is 0 Å². The highest BCUT2D eigenvalue weighted by molar-refractivity contribution is 4.74. The molecule has 52 heavy (non-hydrogen) atoms. The minimum atomic E-state index is 0.565. The molecule has 330 valence electrons. The molecule has 0 amide bonds. The Balaban J connectivity index is -0.0000000585. The maximum atomic E-state index is 5.38. The maximum absolute atomic E-state index is 5.38. The lowest BCUT2D eigenvalue weighted by molar-refractivity contribution is 0.280. The topological polar surface area (TPSA) is 197 Å². The van der Waals surface area contributed by atoms with Crippen LogP contribution in [0, 0.1) is 0 Å². The molecule has 4 saturated carbocycles. The van der Waals surface area contributed by atoms with Crippen LogP contribution in [-0.2, 0) is 0 Å². The predicted molar refractivity (Wildman–Crippen MR) is 246 cm³/mol. The molecule has 0 spiro atoms. The molecule has 4 rings (SSSR count). The first-order valence-corrected chi connectivity index (χ1v) is 21.1. The summed E-state index contributed by atoms with van der Waals surface area (Å²) in [6.45, 7) is 22.2. The van der Waals surface area contributed by atoms with Crippen molar-refractivity contribution in [3.8, 4) is 0 Å². The van der Waals surface area contributed by atoms with Gasteiger partial charge in [0.1, 0.15) is 0 Å². The Morgan fingerprint density at radius 3 is 0.962 bits per heavy atom. The molecule has 0 radical (unpaired) electrons. The average Bonchev–Trinajstić information content (AvgIpc) is 3.10. The van der Waals surface area contributed by atoms with Crippen molar-refractivity contribution in [1.29, 1.82) is 0 Å². The van der Waals surface area contributed by atoms with Crippen molar-refractivity contribution in [3.63, 3.8) is 0 Å². The van der Waals surface area contributed by atoms with Gasteiger partial charge in [0.15, 0.2) is 0 Å². The number of nitrogens with zero attached hydrogens (tertiary/aromatic N) is 2. The van der Waals surface area contributed by atoms with Crippen molar-refractivity contribution in [1.82, 2.24) is 36.6 Å². The molecule has 0 aromatic heterocycles. The summed E-state index contributed by atoms with van der Waals surface area (Å²) >= 11 is 0. The quantitative estimate of drug-likeness (QED) is 0.108. The van der Waals surface area contributed by atoms with Gasteiger partial charge in [0.2, 0.25) is 0 Å². The lowest BCUT2D eigenvalue weighted by atomic mass is 9.94. The van der Waals surface area contributed by atoms with Crippen LogP contribution >= 0.6 is 0 Å². The summed E-state index contributed by atoms with van der Waals surface area (Å²) in [5.74, 6) is 0. The largest absolute Gasteiger partial charge is 0.333 e. The van der Waals surface area contributed by atoms with Crippen LogP contribution in [0.2, 0.25) is 0 Å². The van der Waals surface area contributed by atoms with Gasteiger partial charge in [0, 0.05) is 44.3 Å². The van der Waals surface area contributed by atoms with E-state index in [1.165, 1.54) is 105 Å². The summed E-state index contributed by atoms with van der Waals surface area (Å²) in [5.41, 5.74) is 30.3. The number of nitrogens with one attached hydrogen (secondary N) is 5. The number of nitrogens with two attached hydrogens (primary N) is 5. The second-order valence-corrected chi connectivity index (χ2v) is 11.6.